The van der Waals surface area contributed by atoms with Gasteiger partial charge in [0.05, 0.1) is 5.56 Å². The van der Waals surface area contributed by atoms with Crippen molar-refractivity contribution in [2.24, 2.45) is 0 Å². The van der Waals surface area contributed by atoms with Crippen LogP contribution in [0.1, 0.15) is 55.1 Å². The van der Waals surface area contributed by atoms with E-state index in [1.807, 2.05) is 26.8 Å². The maximum Gasteiger partial charge on any atom is 0.335 e. The van der Waals surface area contributed by atoms with Gasteiger partial charge in [0.15, 0.2) is 0 Å². The zero-order valence-corrected chi connectivity index (χ0v) is 10.2. The van der Waals surface area contributed by atoms with Gasteiger partial charge in [-0.1, -0.05) is 33.8 Å². The molecule has 0 atom stereocenters. The highest BCUT2D eigenvalue weighted by molar-refractivity contribution is 5.88. The Bertz CT molecular complexity index is 327. The number of benzene rings is 1. The molecule has 15 heavy (non-hydrogen) atoms. The van der Waals surface area contributed by atoms with Crippen molar-refractivity contribution in [3.8, 4) is 0 Å². The number of carboxylic acid groups (broad SMARTS) is 1. The maximum absolute atomic E-state index is 10.7. The van der Waals surface area contributed by atoms with E-state index in [0.717, 1.165) is 11.1 Å². The van der Waals surface area contributed by atoms with Crippen molar-refractivity contribution in [1.29, 1.82) is 0 Å². The van der Waals surface area contributed by atoms with Crippen LogP contribution in [0.4, 0.5) is 0 Å². The molecule has 0 aliphatic heterocycles. The molecule has 1 aromatic rings. The van der Waals surface area contributed by atoms with E-state index >= 15 is 0 Å². The van der Waals surface area contributed by atoms with Crippen molar-refractivity contribution in [2.45, 2.75) is 40.5 Å². The molecule has 0 unspecified atom stereocenters. The van der Waals surface area contributed by atoms with Crippen LogP contribution >= 0.6 is 0 Å². The summed E-state index contributed by atoms with van der Waals surface area (Å²) in [4.78, 5) is 10.7. The molecule has 0 aliphatic rings. The first-order chi connectivity index (χ1) is 7.00. The molecule has 0 aliphatic carbocycles. The fourth-order valence-corrected chi connectivity index (χ4v) is 1.27. The molecule has 0 amide bonds. The predicted molar refractivity (Wildman–Crippen MR) is 63.6 cm³/mol. The normalized spacial score (nSPS) is 9.47. The van der Waals surface area contributed by atoms with Gasteiger partial charge in [-0.15, -0.1) is 0 Å². The second-order valence-corrected chi connectivity index (χ2v) is 3.59. The van der Waals surface area contributed by atoms with E-state index in [1.165, 1.54) is 0 Å². The maximum atomic E-state index is 10.7. The van der Waals surface area contributed by atoms with Gasteiger partial charge in [-0.2, -0.15) is 0 Å². The highest BCUT2D eigenvalue weighted by Gasteiger charge is 2.06. The highest BCUT2D eigenvalue weighted by Crippen LogP contribution is 2.18. The Balaban J connectivity index is 0.000000921. The molecule has 0 fully saturated rings. The van der Waals surface area contributed by atoms with Crippen LogP contribution in [0.25, 0.3) is 0 Å². The van der Waals surface area contributed by atoms with Crippen molar-refractivity contribution < 1.29 is 9.90 Å². The second kappa shape index (κ2) is 6.23. The van der Waals surface area contributed by atoms with Crippen molar-refractivity contribution in [3.05, 3.63) is 34.9 Å². The van der Waals surface area contributed by atoms with Crippen LogP contribution in [0.2, 0.25) is 0 Å². The molecule has 0 heterocycles. The summed E-state index contributed by atoms with van der Waals surface area (Å²) in [5, 5.41) is 8.82. The number of carbonyl (C=O) groups is 1. The summed E-state index contributed by atoms with van der Waals surface area (Å²) in [7, 11) is 0. The molecule has 2 nitrogen and oxygen atoms in total. The van der Waals surface area contributed by atoms with Crippen molar-refractivity contribution in [1.82, 2.24) is 0 Å². The third-order valence-electron chi connectivity index (χ3n) is 2.01. The predicted octanol–water partition coefficient (Wildman–Crippen LogP) is 3.84. The largest absolute Gasteiger partial charge is 0.478 e. The number of rotatable bonds is 2. The topological polar surface area (TPSA) is 37.3 Å². The van der Waals surface area contributed by atoms with Gasteiger partial charge < -0.3 is 5.11 Å². The molecule has 0 spiro atoms. The van der Waals surface area contributed by atoms with E-state index in [4.69, 9.17) is 5.11 Å². The van der Waals surface area contributed by atoms with E-state index < -0.39 is 5.97 Å². The second-order valence-electron chi connectivity index (χ2n) is 3.59. The third-order valence-corrected chi connectivity index (χ3v) is 2.01. The smallest absolute Gasteiger partial charge is 0.335 e. The van der Waals surface area contributed by atoms with Gasteiger partial charge in [-0.05, 0) is 36.1 Å². The van der Waals surface area contributed by atoms with Crippen LogP contribution in [0.15, 0.2) is 18.2 Å². The molecule has 0 saturated heterocycles. The SMILES string of the molecule is CC.Cc1cc(C(=O)O)cc(C(C)C)c1. The molecule has 0 saturated carbocycles. The Hall–Kier alpha value is -1.31. The molecule has 2 heteroatoms. The summed E-state index contributed by atoms with van der Waals surface area (Å²) in [5.41, 5.74) is 2.46. The lowest BCUT2D eigenvalue weighted by atomic mass is 9.98. The van der Waals surface area contributed by atoms with Crippen LogP contribution in [0.3, 0.4) is 0 Å². The van der Waals surface area contributed by atoms with Crippen LogP contribution in [0, 0.1) is 6.92 Å². The Kier molecular flexibility index (Phi) is 5.68. The van der Waals surface area contributed by atoms with Gasteiger partial charge in [0.25, 0.3) is 0 Å². The standard InChI is InChI=1S/C11H14O2.C2H6/c1-7(2)9-4-8(3)5-10(6-9)11(12)13;1-2/h4-7H,1-3H3,(H,12,13);1-2H3. The Morgan fingerprint density at radius 3 is 2.13 bits per heavy atom. The van der Waals surface area contributed by atoms with E-state index in [2.05, 4.69) is 13.8 Å². The lowest BCUT2D eigenvalue weighted by Gasteiger charge is -2.07. The molecule has 1 N–H and O–H groups in total. The number of aromatic carboxylic acids is 1. The van der Waals surface area contributed by atoms with E-state index in [-0.39, 0.29) is 0 Å². The first-order valence-corrected chi connectivity index (χ1v) is 5.35. The number of carboxylic acids is 1. The monoisotopic (exact) mass is 208 g/mol. The first kappa shape index (κ1) is 13.7. The number of hydrogen-bond acceptors (Lipinski definition) is 1. The van der Waals surface area contributed by atoms with Crippen LogP contribution in [-0.2, 0) is 0 Å². The summed E-state index contributed by atoms with van der Waals surface area (Å²) in [6, 6.07) is 5.45. The molecular weight excluding hydrogens is 188 g/mol. The molecular formula is C13H20O2. The Morgan fingerprint density at radius 2 is 1.73 bits per heavy atom. The van der Waals surface area contributed by atoms with Crippen molar-refractivity contribution in [3.63, 3.8) is 0 Å². The average molecular weight is 208 g/mol. The number of hydrogen-bond donors (Lipinski definition) is 1. The average Bonchev–Trinajstić information content (AvgIpc) is 2.19. The first-order valence-electron chi connectivity index (χ1n) is 5.35. The van der Waals surface area contributed by atoms with Crippen molar-refractivity contribution in [2.75, 3.05) is 0 Å². The third kappa shape index (κ3) is 4.15. The summed E-state index contributed by atoms with van der Waals surface area (Å²) in [6.45, 7) is 10.0. The molecule has 0 bridgehead atoms. The highest BCUT2D eigenvalue weighted by atomic mass is 16.4. The van der Waals surface area contributed by atoms with Gasteiger partial charge in [0, 0.05) is 0 Å². The minimum atomic E-state index is -0.856. The molecule has 1 rings (SSSR count). The van der Waals surface area contributed by atoms with Gasteiger partial charge in [0.2, 0.25) is 0 Å². The van der Waals surface area contributed by atoms with E-state index in [9.17, 15) is 4.79 Å². The zero-order chi connectivity index (χ0) is 12.0. The summed E-state index contributed by atoms with van der Waals surface area (Å²) in [5.74, 6) is -0.483. The summed E-state index contributed by atoms with van der Waals surface area (Å²) in [6.07, 6.45) is 0. The van der Waals surface area contributed by atoms with Gasteiger partial charge in [-0.25, -0.2) is 4.79 Å². The minimum absolute atomic E-state index is 0.373. The summed E-state index contributed by atoms with van der Waals surface area (Å²) >= 11 is 0. The molecule has 0 aromatic heterocycles. The molecule has 84 valence electrons. The van der Waals surface area contributed by atoms with Gasteiger partial charge in [-0.3, -0.25) is 0 Å². The summed E-state index contributed by atoms with van der Waals surface area (Å²) < 4.78 is 0. The van der Waals surface area contributed by atoms with Crippen LogP contribution < -0.4 is 0 Å². The van der Waals surface area contributed by atoms with E-state index in [0.29, 0.717) is 11.5 Å². The molecule has 1 aromatic carbocycles. The van der Waals surface area contributed by atoms with Crippen molar-refractivity contribution >= 4 is 5.97 Å². The molecule has 0 radical (unpaired) electrons. The van der Waals surface area contributed by atoms with Gasteiger partial charge in [0.1, 0.15) is 0 Å². The minimum Gasteiger partial charge on any atom is -0.478 e. The fraction of sp³-hybridized carbons (Fsp3) is 0.462. The van der Waals surface area contributed by atoms with Gasteiger partial charge >= 0.3 is 5.97 Å². The lowest BCUT2D eigenvalue weighted by Crippen LogP contribution is -1.99. The quantitative estimate of drug-likeness (QED) is 0.801. The van der Waals surface area contributed by atoms with Crippen LogP contribution in [0.5, 0.6) is 0 Å². The Labute approximate surface area is 91.9 Å². The Morgan fingerprint density at radius 1 is 1.20 bits per heavy atom. The zero-order valence-electron chi connectivity index (χ0n) is 10.2. The number of aryl methyl sites for hydroxylation is 1. The van der Waals surface area contributed by atoms with Crippen LogP contribution in [-0.4, -0.2) is 11.1 Å². The lowest BCUT2D eigenvalue weighted by molar-refractivity contribution is 0.0696. The fourth-order valence-electron chi connectivity index (χ4n) is 1.27. The van der Waals surface area contributed by atoms with E-state index in [1.54, 1.807) is 12.1 Å².